The summed E-state index contributed by atoms with van der Waals surface area (Å²) < 4.78 is 34.1. The van der Waals surface area contributed by atoms with Gasteiger partial charge in [0.2, 0.25) is 5.91 Å². The molecule has 13 heteroatoms. The second-order valence-electron chi connectivity index (χ2n) is 8.52. The van der Waals surface area contributed by atoms with E-state index in [1.165, 1.54) is 0 Å². The van der Waals surface area contributed by atoms with E-state index in [1.807, 2.05) is 29.9 Å². The first kappa shape index (κ1) is 33.7. The number of hydrogen-bond donors (Lipinski definition) is 3. The smallest absolute Gasteiger partial charge is 0.251 e. The van der Waals surface area contributed by atoms with Gasteiger partial charge in [0.15, 0.2) is 0 Å². The van der Waals surface area contributed by atoms with Crippen LogP contribution in [0.25, 0.3) is 0 Å². The number of nitrogens with one attached hydrogen (secondary N) is 2. The molecule has 0 radical (unpaired) electrons. The van der Waals surface area contributed by atoms with E-state index in [0.717, 1.165) is 10.5 Å². The molecule has 0 spiro atoms. The molecule has 40 heavy (non-hydrogen) atoms. The topological polar surface area (TPSA) is 131 Å². The van der Waals surface area contributed by atoms with Crippen LogP contribution in [0.2, 0.25) is 0 Å². The molecule has 1 unspecified atom stereocenters. The first-order chi connectivity index (χ1) is 19.5. The molecule has 2 N–H and O–H groups in total. The predicted octanol–water partition coefficient (Wildman–Crippen LogP) is 1.36. The Kier molecular flexibility index (Phi) is 17.9. The SMILES string of the molecule is CNC(=O)COCCOCCOCCOCCOCCOCCNC(=O)c1ccc(C(C)n2cc(S)cn2)cc1. The van der Waals surface area contributed by atoms with Gasteiger partial charge in [0, 0.05) is 30.2 Å². The van der Waals surface area contributed by atoms with Crippen molar-refractivity contribution in [2.24, 2.45) is 0 Å². The molecule has 0 fully saturated rings. The van der Waals surface area contributed by atoms with E-state index in [9.17, 15) is 9.59 Å². The largest absolute Gasteiger partial charge is 0.377 e. The van der Waals surface area contributed by atoms with Crippen molar-refractivity contribution in [1.29, 1.82) is 0 Å². The molecular formula is C27H42N4O8S. The number of benzene rings is 1. The Morgan fingerprint density at radius 3 is 1.80 bits per heavy atom. The number of ether oxygens (including phenoxy) is 6. The number of aromatic nitrogens is 2. The number of rotatable bonds is 23. The number of likely N-dealkylation sites (N-methyl/N-ethyl adjacent to an activating group) is 1. The second-order valence-corrected chi connectivity index (χ2v) is 9.04. The van der Waals surface area contributed by atoms with Gasteiger partial charge in [0.25, 0.3) is 5.91 Å². The summed E-state index contributed by atoms with van der Waals surface area (Å²) in [5.74, 6) is -0.308. The van der Waals surface area contributed by atoms with Gasteiger partial charge in [-0.2, -0.15) is 5.10 Å². The van der Waals surface area contributed by atoms with Gasteiger partial charge in [-0.25, -0.2) is 0 Å². The third-order valence-electron chi connectivity index (χ3n) is 5.54. The lowest BCUT2D eigenvalue weighted by molar-refractivity contribution is -0.125. The number of carbonyl (C=O) groups is 2. The van der Waals surface area contributed by atoms with E-state index in [0.29, 0.717) is 84.8 Å². The normalized spacial score (nSPS) is 11.9. The van der Waals surface area contributed by atoms with Crippen molar-refractivity contribution in [2.75, 3.05) is 92.9 Å². The number of hydrogen-bond acceptors (Lipinski definition) is 10. The fraction of sp³-hybridized carbons (Fsp3) is 0.593. The van der Waals surface area contributed by atoms with Crippen molar-refractivity contribution in [3.63, 3.8) is 0 Å². The van der Waals surface area contributed by atoms with Crippen LogP contribution in [-0.2, 0) is 33.2 Å². The Labute approximate surface area is 241 Å². The zero-order chi connectivity index (χ0) is 28.8. The average molecular weight is 583 g/mol. The molecule has 0 aliphatic rings. The predicted molar refractivity (Wildman–Crippen MR) is 151 cm³/mol. The molecule has 0 saturated carbocycles. The van der Waals surface area contributed by atoms with E-state index in [1.54, 1.807) is 25.4 Å². The minimum atomic E-state index is -0.163. The Morgan fingerprint density at radius 2 is 1.32 bits per heavy atom. The van der Waals surface area contributed by atoms with E-state index in [4.69, 9.17) is 28.4 Å². The molecule has 1 atom stereocenters. The van der Waals surface area contributed by atoms with Crippen LogP contribution in [0.3, 0.4) is 0 Å². The quantitative estimate of drug-likeness (QED) is 0.131. The van der Waals surface area contributed by atoms with Crippen LogP contribution in [0.15, 0.2) is 41.6 Å². The summed E-state index contributed by atoms with van der Waals surface area (Å²) >= 11 is 4.29. The number of thiol groups is 1. The van der Waals surface area contributed by atoms with Gasteiger partial charge in [-0.3, -0.25) is 14.3 Å². The first-order valence-corrected chi connectivity index (χ1v) is 13.7. The van der Waals surface area contributed by atoms with Crippen molar-refractivity contribution in [3.8, 4) is 0 Å². The van der Waals surface area contributed by atoms with Crippen molar-refractivity contribution >= 4 is 24.4 Å². The number of carbonyl (C=O) groups excluding carboxylic acids is 2. The van der Waals surface area contributed by atoms with Gasteiger partial charge in [0.1, 0.15) is 6.61 Å². The molecule has 2 amide bonds. The molecule has 0 bridgehead atoms. The van der Waals surface area contributed by atoms with Crippen molar-refractivity contribution in [2.45, 2.75) is 17.9 Å². The summed E-state index contributed by atoms with van der Waals surface area (Å²) in [5.41, 5.74) is 1.64. The molecule has 1 aromatic carbocycles. The Balaban J connectivity index is 1.34. The van der Waals surface area contributed by atoms with Crippen molar-refractivity contribution < 1.29 is 38.0 Å². The van der Waals surface area contributed by atoms with Gasteiger partial charge in [-0.1, -0.05) is 12.1 Å². The summed E-state index contributed by atoms with van der Waals surface area (Å²) in [6.07, 6.45) is 3.56. The fourth-order valence-electron chi connectivity index (χ4n) is 3.28. The van der Waals surface area contributed by atoms with Crippen molar-refractivity contribution in [1.82, 2.24) is 20.4 Å². The van der Waals surface area contributed by atoms with Crippen LogP contribution in [-0.4, -0.2) is 114 Å². The molecule has 2 aromatic rings. The van der Waals surface area contributed by atoms with Gasteiger partial charge >= 0.3 is 0 Å². The van der Waals surface area contributed by atoms with Crippen LogP contribution < -0.4 is 10.6 Å². The standard InChI is InChI=1S/C27H42N4O8S/c1-22(31-20-25(40)19-30-31)23-3-5-24(6-4-23)27(33)29-7-8-34-9-10-35-11-12-36-13-14-37-15-16-38-17-18-39-21-26(32)28-2/h3-6,19-20,22,40H,7-18,21H2,1-2H3,(H,28,32)(H,29,33). The van der Waals surface area contributed by atoms with E-state index >= 15 is 0 Å². The van der Waals surface area contributed by atoms with Crippen LogP contribution >= 0.6 is 12.6 Å². The maximum Gasteiger partial charge on any atom is 0.251 e. The Hall–Kier alpha value is -2.52. The molecule has 2 rings (SSSR count). The second kappa shape index (κ2) is 21.3. The molecule has 0 aliphatic heterocycles. The third-order valence-corrected chi connectivity index (χ3v) is 5.77. The fourth-order valence-corrected chi connectivity index (χ4v) is 3.45. The van der Waals surface area contributed by atoms with Gasteiger partial charge in [-0.05, 0) is 24.6 Å². The Bertz CT molecular complexity index is 960. The Morgan fingerprint density at radius 1 is 0.825 bits per heavy atom. The van der Waals surface area contributed by atoms with E-state index in [2.05, 4.69) is 28.4 Å². The summed E-state index contributed by atoms with van der Waals surface area (Å²) in [6.45, 7) is 7.32. The molecular weight excluding hydrogens is 540 g/mol. The highest BCUT2D eigenvalue weighted by atomic mass is 32.1. The lowest BCUT2D eigenvalue weighted by Gasteiger charge is -2.13. The van der Waals surface area contributed by atoms with E-state index < -0.39 is 0 Å². The highest BCUT2D eigenvalue weighted by Crippen LogP contribution is 2.19. The molecule has 1 heterocycles. The van der Waals surface area contributed by atoms with Gasteiger partial charge in [0.05, 0.1) is 84.9 Å². The molecule has 1 aromatic heterocycles. The maximum atomic E-state index is 12.3. The zero-order valence-corrected chi connectivity index (χ0v) is 24.2. The van der Waals surface area contributed by atoms with Crippen LogP contribution in [0, 0.1) is 0 Å². The lowest BCUT2D eigenvalue weighted by Crippen LogP contribution is -2.27. The molecule has 12 nitrogen and oxygen atoms in total. The molecule has 224 valence electrons. The monoisotopic (exact) mass is 582 g/mol. The zero-order valence-electron chi connectivity index (χ0n) is 23.3. The molecule has 0 aliphatic carbocycles. The number of nitrogens with zero attached hydrogens (tertiary/aromatic N) is 2. The van der Waals surface area contributed by atoms with Crippen molar-refractivity contribution in [3.05, 3.63) is 47.8 Å². The molecule has 0 saturated heterocycles. The van der Waals surface area contributed by atoms with Gasteiger partial charge in [-0.15, -0.1) is 12.6 Å². The summed E-state index contributed by atoms with van der Waals surface area (Å²) in [6, 6.07) is 7.52. The average Bonchev–Trinajstić information content (AvgIpc) is 3.41. The maximum absolute atomic E-state index is 12.3. The van der Waals surface area contributed by atoms with Crippen LogP contribution in [0.5, 0.6) is 0 Å². The van der Waals surface area contributed by atoms with Crippen LogP contribution in [0.4, 0.5) is 0 Å². The van der Waals surface area contributed by atoms with Crippen LogP contribution in [0.1, 0.15) is 28.9 Å². The minimum Gasteiger partial charge on any atom is -0.377 e. The van der Waals surface area contributed by atoms with Gasteiger partial charge < -0.3 is 39.1 Å². The summed E-state index contributed by atoms with van der Waals surface area (Å²) in [7, 11) is 1.56. The summed E-state index contributed by atoms with van der Waals surface area (Å²) in [5, 5.41) is 9.61. The van der Waals surface area contributed by atoms with E-state index in [-0.39, 0.29) is 24.5 Å². The highest BCUT2D eigenvalue weighted by Gasteiger charge is 2.11. The lowest BCUT2D eigenvalue weighted by atomic mass is 10.1. The number of amides is 2. The highest BCUT2D eigenvalue weighted by molar-refractivity contribution is 7.80. The summed E-state index contributed by atoms with van der Waals surface area (Å²) in [4.78, 5) is 24.1. The minimum absolute atomic E-state index is 0.0351. The first-order valence-electron chi connectivity index (χ1n) is 13.3. The third kappa shape index (κ3) is 14.7.